The minimum atomic E-state index is -0.392. The molecule has 1 fully saturated rings. The van der Waals surface area contributed by atoms with Gasteiger partial charge in [0.1, 0.15) is 17.3 Å². The SMILES string of the molecule is Cc1ccc2c(CC(=O)CC(C)(C)C)c(F)ccc2c1Oc1ncccc1-c1ccnc(N[C@@H]2CNC[C@H](C)C2)n1. The number of aromatic nitrogens is 3. The number of benzene rings is 2. The summed E-state index contributed by atoms with van der Waals surface area (Å²) in [5.74, 6) is 1.70. The van der Waals surface area contributed by atoms with Gasteiger partial charge in [-0.1, -0.05) is 39.8 Å². The molecule has 0 amide bonds. The average Bonchev–Trinajstić information content (AvgIpc) is 2.91. The highest BCUT2D eigenvalue weighted by Gasteiger charge is 2.22. The molecule has 5 rings (SSSR count). The Bertz CT molecular complexity index is 1570. The third-order valence-corrected chi connectivity index (χ3v) is 7.31. The largest absolute Gasteiger partial charge is 0.437 e. The van der Waals surface area contributed by atoms with Crippen molar-refractivity contribution in [1.29, 1.82) is 0 Å². The summed E-state index contributed by atoms with van der Waals surface area (Å²) in [6.45, 7) is 12.1. The Kier molecular flexibility index (Phi) is 8.31. The lowest BCUT2D eigenvalue weighted by Crippen LogP contribution is -2.42. The average molecular weight is 556 g/mol. The van der Waals surface area contributed by atoms with Crippen molar-refractivity contribution in [3.05, 3.63) is 71.8 Å². The number of aryl methyl sites for hydroxylation is 1. The molecule has 0 radical (unpaired) electrons. The smallest absolute Gasteiger partial charge is 0.228 e. The molecule has 2 atom stereocenters. The summed E-state index contributed by atoms with van der Waals surface area (Å²) in [5.41, 5.74) is 2.49. The van der Waals surface area contributed by atoms with Crippen LogP contribution in [0.3, 0.4) is 0 Å². The van der Waals surface area contributed by atoms with Gasteiger partial charge in [-0.15, -0.1) is 0 Å². The highest BCUT2D eigenvalue weighted by molar-refractivity contribution is 5.95. The number of hydrogen-bond acceptors (Lipinski definition) is 7. The molecule has 0 aliphatic carbocycles. The van der Waals surface area contributed by atoms with E-state index in [1.807, 2.05) is 58.0 Å². The first kappa shape index (κ1) is 28.6. The van der Waals surface area contributed by atoms with E-state index in [0.29, 0.717) is 52.1 Å². The van der Waals surface area contributed by atoms with Crippen LogP contribution < -0.4 is 15.4 Å². The van der Waals surface area contributed by atoms with E-state index in [1.54, 1.807) is 18.5 Å². The number of fused-ring (bicyclic) bond motifs is 1. The molecule has 214 valence electrons. The number of nitrogens with one attached hydrogen (secondary N) is 2. The molecule has 1 aliphatic rings. The Morgan fingerprint density at radius 3 is 2.66 bits per heavy atom. The van der Waals surface area contributed by atoms with E-state index < -0.39 is 5.82 Å². The van der Waals surface area contributed by atoms with Crippen molar-refractivity contribution in [2.45, 2.75) is 59.9 Å². The number of pyridine rings is 1. The standard InChI is InChI=1S/C33H38FN5O2/c1-20-15-22(19-35-18-20)38-32-37-14-12-29(39-32)26-7-6-13-36-31(26)41-30-21(2)8-9-24-25(30)10-11-28(34)27(24)16-23(40)17-33(3,4)5/h6-14,20,22,35H,15-19H2,1-5H3,(H,37,38,39)/t20-,22+/m1/s1. The Hall–Kier alpha value is -3.91. The number of piperidine rings is 1. The maximum absolute atomic E-state index is 15.1. The number of anilines is 1. The predicted octanol–water partition coefficient (Wildman–Crippen LogP) is 6.89. The number of rotatable bonds is 8. The van der Waals surface area contributed by atoms with E-state index in [9.17, 15) is 4.79 Å². The third kappa shape index (κ3) is 6.88. The fourth-order valence-electron chi connectivity index (χ4n) is 5.48. The first-order valence-corrected chi connectivity index (χ1v) is 14.2. The van der Waals surface area contributed by atoms with Gasteiger partial charge in [0.05, 0.1) is 11.3 Å². The van der Waals surface area contributed by atoms with Crippen LogP contribution in [0.2, 0.25) is 0 Å². The third-order valence-electron chi connectivity index (χ3n) is 7.31. The summed E-state index contributed by atoms with van der Waals surface area (Å²) in [6, 6.07) is 12.7. The van der Waals surface area contributed by atoms with E-state index >= 15 is 4.39 Å². The Labute approximate surface area is 241 Å². The molecule has 0 saturated carbocycles. The van der Waals surface area contributed by atoms with Crippen LogP contribution in [0.4, 0.5) is 10.3 Å². The van der Waals surface area contributed by atoms with E-state index in [2.05, 4.69) is 27.5 Å². The minimum absolute atomic E-state index is 0.00518. The predicted molar refractivity (Wildman–Crippen MR) is 161 cm³/mol. The highest BCUT2D eigenvalue weighted by atomic mass is 19.1. The molecule has 0 unspecified atom stereocenters. The van der Waals surface area contributed by atoms with Gasteiger partial charge in [0, 0.05) is 48.8 Å². The molecule has 1 saturated heterocycles. The summed E-state index contributed by atoms with van der Waals surface area (Å²) in [6.07, 6.45) is 4.86. The number of carbonyl (C=O) groups is 1. The number of Topliss-reactive ketones (excluding diaryl/α,β-unsaturated/α-hetero) is 1. The van der Waals surface area contributed by atoms with Crippen molar-refractivity contribution in [2.75, 3.05) is 18.4 Å². The Morgan fingerprint density at radius 1 is 1.07 bits per heavy atom. The van der Waals surface area contributed by atoms with Gasteiger partial charge in [-0.05, 0) is 72.5 Å². The van der Waals surface area contributed by atoms with Crippen molar-refractivity contribution in [3.63, 3.8) is 0 Å². The monoisotopic (exact) mass is 555 g/mol. The van der Waals surface area contributed by atoms with Gasteiger partial charge in [-0.3, -0.25) is 4.79 Å². The fourth-order valence-corrected chi connectivity index (χ4v) is 5.48. The number of ketones is 1. The number of hydrogen-bond donors (Lipinski definition) is 2. The van der Waals surface area contributed by atoms with Crippen molar-refractivity contribution in [3.8, 4) is 22.9 Å². The first-order chi connectivity index (χ1) is 19.6. The van der Waals surface area contributed by atoms with Crippen LogP contribution in [0.5, 0.6) is 11.6 Å². The molecule has 2 N–H and O–H groups in total. The highest BCUT2D eigenvalue weighted by Crippen LogP contribution is 2.38. The molecule has 0 bridgehead atoms. The van der Waals surface area contributed by atoms with Crippen LogP contribution in [0.15, 0.2) is 54.9 Å². The van der Waals surface area contributed by atoms with Crippen molar-refractivity contribution in [2.24, 2.45) is 11.3 Å². The lowest BCUT2D eigenvalue weighted by Gasteiger charge is -2.28. The molecule has 3 heterocycles. The minimum Gasteiger partial charge on any atom is -0.437 e. The molecule has 7 nitrogen and oxygen atoms in total. The van der Waals surface area contributed by atoms with Crippen LogP contribution in [-0.2, 0) is 11.2 Å². The van der Waals surface area contributed by atoms with Gasteiger partial charge in [0.15, 0.2) is 0 Å². The molecule has 8 heteroatoms. The number of carbonyl (C=O) groups excluding carboxylic acids is 1. The molecule has 2 aromatic heterocycles. The summed E-state index contributed by atoms with van der Waals surface area (Å²) >= 11 is 0. The lowest BCUT2D eigenvalue weighted by atomic mass is 9.87. The van der Waals surface area contributed by atoms with Gasteiger partial charge >= 0.3 is 0 Å². The quantitative estimate of drug-likeness (QED) is 0.245. The first-order valence-electron chi connectivity index (χ1n) is 14.2. The van der Waals surface area contributed by atoms with Crippen molar-refractivity contribution in [1.82, 2.24) is 20.3 Å². The Balaban J connectivity index is 1.47. The fraction of sp³-hybridized carbons (Fsp3) is 0.394. The second-order valence-corrected chi connectivity index (χ2v) is 12.3. The van der Waals surface area contributed by atoms with E-state index in [-0.39, 0.29) is 23.7 Å². The number of halogens is 1. The molecule has 4 aromatic rings. The van der Waals surface area contributed by atoms with Crippen LogP contribution >= 0.6 is 0 Å². The number of nitrogens with zero attached hydrogens (tertiary/aromatic N) is 3. The van der Waals surface area contributed by atoms with Gasteiger partial charge in [-0.25, -0.2) is 19.3 Å². The molecule has 0 spiro atoms. The van der Waals surface area contributed by atoms with Crippen LogP contribution in [0.25, 0.3) is 22.0 Å². The summed E-state index contributed by atoms with van der Waals surface area (Å²) in [5, 5.41) is 8.29. The second-order valence-electron chi connectivity index (χ2n) is 12.3. The van der Waals surface area contributed by atoms with E-state index in [1.165, 1.54) is 6.07 Å². The van der Waals surface area contributed by atoms with Crippen molar-refractivity contribution >= 4 is 22.5 Å². The van der Waals surface area contributed by atoms with Crippen molar-refractivity contribution < 1.29 is 13.9 Å². The topological polar surface area (TPSA) is 89.0 Å². The molecular formula is C33H38FN5O2. The zero-order valence-electron chi connectivity index (χ0n) is 24.4. The van der Waals surface area contributed by atoms with Gasteiger partial charge < -0.3 is 15.4 Å². The lowest BCUT2D eigenvalue weighted by molar-refractivity contribution is -0.120. The zero-order chi connectivity index (χ0) is 29.1. The van der Waals surface area contributed by atoms with Gasteiger partial charge in [0.25, 0.3) is 0 Å². The summed E-state index contributed by atoms with van der Waals surface area (Å²) in [7, 11) is 0. The summed E-state index contributed by atoms with van der Waals surface area (Å²) < 4.78 is 21.5. The zero-order valence-corrected chi connectivity index (χ0v) is 24.4. The van der Waals surface area contributed by atoms with Crippen LogP contribution in [0, 0.1) is 24.1 Å². The Morgan fingerprint density at radius 2 is 1.88 bits per heavy atom. The molecule has 1 aliphatic heterocycles. The van der Waals surface area contributed by atoms with E-state index in [4.69, 9.17) is 9.72 Å². The maximum Gasteiger partial charge on any atom is 0.228 e. The summed E-state index contributed by atoms with van der Waals surface area (Å²) in [4.78, 5) is 26.6. The normalized spacial score (nSPS) is 17.4. The number of ether oxygens (including phenoxy) is 1. The molecule has 2 aromatic carbocycles. The van der Waals surface area contributed by atoms with E-state index in [0.717, 1.165) is 30.5 Å². The second kappa shape index (κ2) is 11.9. The van der Waals surface area contributed by atoms with Crippen LogP contribution in [-0.4, -0.2) is 39.9 Å². The van der Waals surface area contributed by atoms with Gasteiger partial charge in [-0.2, -0.15) is 0 Å². The molecule has 41 heavy (non-hydrogen) atoms. The van der Waals surface area contributed by atoms with Crippen LogP contribution in [0.1, 0.15) is 51.7 Å². The molecular weight excluding hydrogens is 517 g/mol. The maximum atomic E-state index is 15.1. The van der Waals surface area contributed by atoms with Gasteiger partial charge in [0.2, 0.25) is 11.8 Å².